The summed E-state index contributed by atoms with van der Waals surface area (Å²) in [5.74, 6) is 0.652. The van der Waals surface area contributed by atoms with Crippen molar-refractivity contribution in [1.82, 2.24) is 4.31 Å². The first kappa shape index (κ1) is 14.9. The third kappa shape index (κ3) is 3.42. The summed E-state index contributed by atoms with van der Waals surface area (Å²) in [5.41, 5.74) is 5.51. The highest BCUT2D eigenvalue weighted by Crippen LogP contribution is 2.35. The van der Waals surface area contributed by atoms with Gasteiger partial charge in [-0.15, -0.1) is 0 Å². The van der Waals surface area contributed by atoms with E-state index in [9.17, 15) is 8.42 Å². The fraction of sp³-hybridized carbons (Fsp3) is 1.00. The minimum absolute atomic E-state index is 0.239. The number of sulfonamides is 1. The first-order valence-electron chi connectivity index (χ1n) is 6.51. The van der Waals surface area contributed by atoms with E-state index in [4.69, 9.17) is 5.73 Å². The number of rotatable bonds is 6. The van der Waals surface area contributed by atoms with Gasteiger partial charge in [-0.1, -0.05) is 26.7 Å². The van der Waals surface area contributed by atoms with Crippen molar-refractivity contribution in [2.24, 2.45) is 11.7 Å². The maximum absolute atomic E-state index is 12.3. The lowest BCUT2D eigenvalue weighted by Crippen LogP contribution is -2.53. The van der Waals surface area contributed by atoms with Crippen LogP contribution in [-0.2, 0) is 10.0 Å². The molecule has 4 nitrogen and oxygen atoms in total. The molecule has 0 aromatic rings. The summed E-state index contributed by atoms with van der Waals surface area (Å²) in [6.07, 6.45) is 4.69. The van der Waals surface area contributed by atoms with Gasteiger partial charge >= 0.3 is 0 Å². The first-order chi connectivity index (χ1) is 7.84. The van der Waals surface area contributed by atoms with E-state index in [1.807, 2.05) is 13.8 Å². The minimum Gasteiger partial charge on any atom is -0.329 e. The van der Waals surface area contributed by atoms with Crippen LogP contribution in [0.3, 0.4) is 0 Å². The zero-order valence-electron chi connectivity index (χ0n) is 11.3. The highest BCUT2D eigenvalue weighted by Gasteiger charge is 2.41. The fourth-order valence-corrected chi connectivity index (χ4v) is 4.39. The second-order valence-corrected chi connectivity index (χ2v) is 7.72. The van der Waals surface area contributed by atoms with Crippen LogP contribution in [0.5, 0.6) is 0 Å². The van der Waals surface area contributed by atoms with Crippen LogP contribution < -0.4 is 5.73 Å². The average molecular weight is 262 g/mol. The largest absolute Gasteiger partial charge is 0.329 e. The normalized spacial score (nSPS) is 20.4. The molecule has 0 amide bonds. The topological polar surface area (TPSA) is 63.4 Å². The Labute approximate surface area is 106 Å². The number of nitrogens with zero attached hydrogens (tertiary/aromatic N) is 1. The summed E-state index contributed by atoms with van der Waals surface area (Å²) in [7, 11) is -1.45. The molecule has 0 atom stereocenters. The minimum atomic E-state index is -3.16. The molecule has 5 heteroatoms. The Kier molecular flexibility index (Phi) is 4.98. The van der Waals surface area contributed by atoms with Crippen molar-refractivity contribution < 1.29 is 8.42 Å². The van der Waals surface area contributed by atoms with Gasteiger partial charge in [0, 0.05) is 19.1 Å². The molecule has 0 radical (unpaired) electrons. The Bertz CT molecular complexity index is 332. The van der Waals surface area contributed by atoms with Gasteiger partial charge in [-0.3, -0.25) is 0 Å². The highest BCUT2D eigenvalue weighted by molar-refractivity contribution is 7.89. The summed E-state index contributed by atoms with van der Waals surface area (Å²) in [5, 5.41) is 0. The Morgan fingerprint density at radius 3 is 2.24 bits per heavy atom. The molecule has 102 valence electrons. The van der Waals surface area contributed by atoms with Gasteiger partial charge < -0.3 is 5.73 Å². The number of hydrogen-bond acceptors (Lipinski definition) is 3. The van der Waals surface area contributed by atoms with Gasteiger partial charge in [0.15, 0.2) is 0 Å². The molecule has 0 spiro atoms. The summed E-state index contributed by atoms with van der Waals surface area (Å²) in [6.45, 7) is 4.53. The molecule has 1 aliphatic carbocycles. The first-order valence-corrected chi connectivity index (χ1v) is 8.12. The van der Waals surface area contributed by atoms with E-state index in [0.29, 0.717) is 18.9 Å². The van der Waals surface area contributed by atoms with Crippen LogP contribution in [0.15, 0.2) is 0 Å². The van der Waals surface area contributed by atoms with Crippen LogP contribution >= 0.6 is 0 Å². The monoisotopic (exact) mass is 262 g/mol. The molecule has 1 aliphatic rings. The molecule has 0 bridgehead atoms. The second kappa shape index (κ2) is 5.67. The van der Waals surface area contributed by atoms with E-state index < -0.39 is 10.0 Å². The Balaban J connectivity index is 2.76. The van der Waals surface area contributed by atoms with Crippen molar-refractivity contribution in [3.63, 3.8) is 0 Å². The van der Waals surface area contributed by atoms with Crippen molar-refractivity contribution in [3.8, 4) is 0 Å². The van der Waals surface area contributed by atoms with Gasteiger partial charge in [0.2, 0.25) is 10.0 Å². The van der Waals surface area contributed by atoms with Crippen LogP contribution in [0.25, 0.3) is 0 Å². The molecule has 1 rings (SSSR count). The molecule has 0 aliphatic heterocycles. The predicted molar refractivity (Wildman–Crippen MR) is 71.3 cm³/mol. The van der Waals surface area contributed by atoms with Crippen molar-refractivity contribution in [3.05, 3.63) is 0 Å². The van der Waals surface area contributed by atoms with Crippen molar-refractivity contribution >= 4 is 10.0 Å². The summed E-state index contributed by atoms with van der Waals surface area (Å²) < 4.78 is 26.1. The standard InChI is InChI=1S/C12H26N2O2S/c1-11(2)6-9-17(15,16)14(3)12(10-13)7-4-5-8-12/h11H,4-10,13H2,1-3H3. The van der Waals surface area contributed by atoms with E-state index in [1.54, 1.807) is 11.4 Å². The second-order valence-electron chi connectivity index (χ2n) is 5.60. The Hall–Kier alpha value is -0.130. The van der Waals surface area contributed by atoms with Crippen LogP contribution in [0, 0.1) is 5.92 Å². The Morgan fingerprint density at radius 1 is 1.29 bits per heavy atom. The SMILES string of the molecule is CC(C)CCS(=O)(=O)N(C)C1(CN)CCCC1. The zero-order chi connectivity index (χ0) is 13.1. The number of nitrogens with two attached hydrogens (primary N) is 1. The van der Waals surface area contributed by atoms with Crippen LogP contribution in [0.4, 0.5) is 0 Å². The van der Waals surface area contributed by atoms with Gasteiger partial charge in [0.1, 0.15) is 0 Å². The third-order valence-electron chi connectivity index (χ3n) is 3.95. The lowest BCUT2D eigenvalue weighted by molar-refractivity contribution is 0.230. The molecule has 17 heavy (non-hydrogen) atoms. The van der Waals surface area contributed by atoms with E-state index >= 15 is 0 Å². The molecule has 0 aromatic heterocycles. The van der Waals surface area contributed by atoms with Crippen LogP contribution in [0.2, 0.25) is 0 Å². The van der Waals surface area contributed by atoms with Gasteiger partial charge in [0.25, 0.3) is 0 Å². The van der Waals surface area contributed by atoms with Crippen molar-refractivity contribution in [2.75, 3.05) is 19.3 Å². The van der Waals surface area contributed by atoms with Crippen LogP contribution in [-0.4, -0.2) is 37.6 Å². The molecule has 1 fully saturated rings. The molecular weight excluding hydrogens is 236 g/mol. The lowest BCUT2D eigenvalue weighted by Gasteiger charge is -2.37. The van der Waals surface area contributed by atoms with E-state index in [0.717, 1.165) is 25.7 Å². The maximum atomic E-state index is 12.3. The molecule has 0 unspecified atom stereocenters. The summed E-state index contributed by atoms with van der Waals surface area (Å²) >= 11 is 0. The molecular formula is C12H26N2O2S. The van der Waals surface area contributed by atoms with E-state index in [-0.39, 0.29) is 11.3 Å². The van der Waals surface area contributed by atoms with E-state index in [1.165, 1.54) is 0 Å². The predicted octanol–water partition coefficient (Wildman–Crippen LogP) is 1.57. The van der Waals surface area contributed by atoms with Crippen molar-refractivity contribution in [1.29, 1.82) is 0 Å². The van der Waals surface area contributed by atoms with Crippen LogP contribution in [0.1, 0.15) is 46.0 Å². The van der Waals surface area contributed by atoms with Gasteiger partial charge in [-0.05, 0) is 25.2 Å². The average Bonchev–Trinajstić information content (AvgIpc) is 2.75. The van der Waals surface area contributed by atoms with Gasteiger partial charge in [-0.2, -0.15) is 4.31 Å². The molecule has 0 heterocycles. The van der Waals surface area contributed by atoms with Gasteiger partial charge in [0.05, 0.1) is 5.75 Å². The van der Waals surface area contributed by atoms with Crippen molar-refractivity contribution in [2.45, 2.75) is 51.5 Å². The third-order valence-corrected chi connectivity index (χ3v) is 5.93. The zero-order valence-corrected chi connectivity index (χ0v) is 12.1. The van der Waals surface area contributed by atoms with Gasteiger partial charge in [-0.25, -0.2) is 8.42 Å². The quantitative estimate of drug-likeness (QED) is 0.790. The number of hydrogen-bond donors (Lipinski definition) is 1. The Morgan fingerprint density at radius 2 is 1.82 bits per heavy atom. The molecule has 0 aromatic carbocycles. The fourth-order valence-electron chi connectivity index (χ4n) is 2.50. The summed E-state index contributed by atoms with van der Waals surface area (Å²) in [4.78, 5) is 0. The summed E-state index contributed by atoms with van der Waals surface area (Å²) in [6, 6.07) is 0. The van der Waals surface area contributed by atoms with E-state index in [2.05, 4.69) is 0 Å². The highest BCUT2D eigenvalue weighted by atomic mass is 32.2. The number of likely N-dealkylation sites (N-methyl/N-ethyl adjacent to an activating group) is 1. The molecule has 0 saturated heterocycles. The lowest BCUT2D eigenvalue weighted by atomic mass is 9.98. The molecule has 1 saturated carbocycles. The molecule has 2 N–H and O–H groups in total. The smallest absolute Gasteiger partial charge is 0.214 e. The maximum Gasteiger partial charge on any atom is 0.214 e.